The maximum atomic E-state index is 12.3. The topological polar surface area (TPSA) is 76.7 Å². The molecule has 2 aromatic rings. The Morgan fingerprint density at radius 2 is 1.84 bits per heavy atom. The van der Waals surface area contributed by atoms with Crippen molar-refractivity contribution in [1.82, 2.24) is 0 Å². The molecule has 1 aromatic carbocycles. The zero-order valence-electron chi connectivity index (χ0n) is 10.4. The standard InChI is InChI=1S/C13H14O5S/c1-17-12-4-2-3-5-13(12)19(15,16)9-11-7-6-10(8-14)18-11/h2-7,14H,8-9H2,1H3. The van der Waals surface area contributed by atoms with Crippen molar-refractivity contribution < 1.29 is 22.7 Å². The highest BCUT2D eigenvalue weighted by Crippen LogP contribution is 2.26. The molecule has 0 aliphatic heterocycles. The summed E-state index contributed by atoms with van der Waals surface area (Å²) in [7, 11) is -2.13. The number of benzene rings is 1. The molecule has 1 N–H and O–H groups in total. The van der Waals surface area contributed by atoms with E-state index in [0.29, 0.717) is 11.5 Å². The summed E-state index contributed by atoms with van der Waals surface area (Å²) in [4.78, 5) is 0.124. The van der Waals surface area contributed by atoms with Crippen LogP contribution in [-0.4, -0.2) is 20.6 Å². The summed E-state index contributed by atoms with van der Waals surface area (Å²) in [6.07, 6.45) is 0. The van der Waals surface area contributed by atoms with Gasteiger partial charge >= 0.3 is 0 Å². The van der Waals surface area contributed by atoms with Crippen LogP contribution in [0.5, 0.6) is 5.75 Å². The first-order chi connectivity index (χ1) is 9.06. The van der Waals surface area contributed by atoms with Crippen molar-refractivity contribution in [3.63, 3.8) is 0 Å². The van der Waals surface area contributed by atoms with E-state index >= 15 is 0 Å². The predicted octanol–water partition coefficient (Wildman–Crippen LogP) is 1.75. The first-order valence-corrected chi connectivity index (χ1v) is 7.26. The number of rotatable bonds is 5. The van der Waals surface area contributed by atoms with Crippen LogP contribution in [-0.2, 0) is 22.2 Å². The van der Waals surface area contributed by atoms with Crippen LogP contribution >= 0.6 is 0 Å². The molecule has 0 aliphatic rings. The Morgan fingerprint density at radius 1 is 1.16 bits per heavy atom. The number of aliphatic hydroxyl groups excluding tert-OH is 1. The van der Waals surface area contributed by atoms with Crippen LogP contribution in [0.2, 0.25) is 0 Å². The molecule has 0 saturated heterocycles. The lowest BCUT2D eigenvalue weighted by Crippen LogP contribution is -2.06. The molecular formula is C13H14O5S. The molecule has 0 unspecified atom stereocenters. The van der Waals surface area contributed by atoms with E-state index in [4.69, 9.17) is 14.3 Å². The number of hydrogen-bond donors (Lipinski definition) is 1. The number of aliphatic hydroxyl groups is 1. The van der Waals surface area contributed by atoms with Crippen LogP contribution in [0.15, 0.2) is 45.7 Å². The van der Waals surface area contributed by atoms with Gasteiger partial charge in [-0.1, -0.05) is 12.1 Å². The minimum atomic E-state index is -3.55. The molecule has 1 aromatic heterocycles. The maximum absolute atomic E-state index is 12.3. The highest BCUT2D eigenvalue weighted by Gasteiger charge is 2.21. The number of methoxy groups -OCH3 is 1. The Bertz CT molecular complexity index is 657. The molecule has 0 atom stereocenters. The van der Waals surface area contributed by atoms with E-state index < -0.39 is 9.84 Å². The van der Waals surface area contributed by atoms with Crippen molar-refractivity contribution >= 4 is 9.84 Å². The molecule has 0 fully saturated rings. The molecule has 0 bridgehead atoms. The van der Waals surface area contributed by atoms with E-state index in [1.54, 1.807) is 30.3 Å². The van der Waals surface area contributed by atoms with Crippen molar-refractivity contribution in [2.24, 2.45) is 0 Å². The van der Waals surface area contributed by atoms with Gasteiger partial charge in [0.15, 0.2) is 9.84 Å². The van der Waals surface area contributed by atoms with E-state index in [9.17, 15) is 8.42 Å². The molecule has 0 saturated carbocycles. The Balaban J connectivity index is 2.32. The molecule has 6 heteroatoms. The first kappa shape index (κ1) is 13.6. The van der Waals surface area contributed by atoms with E-state index in [1.807, 2.05) is 0 Å². The maximum Gasteiger partial charge on any atom is 0.189 e. The fraction of sp³-hybridized carbons (Fsp3) is 0.231. The average molecular weight is 282 g/mol. The lowest BCUT2D eigenvalue weighted by atomic mass is 10.3. The zero-order chi connectivity index (χ0) is 13.9. The molecule has 0 spiro atoms. The summed E-state index contributed by atoms with van der Waals surface area (Å²) >= 11 is 0. The molecule has 5 nitrogen and oxygen atoms in total. The predicted molar refractivity (Wildman–Crippen MR) is 68.5 cm³/mol. The van der Waals surface area contributed by atoms with Gasteiger partial charge in [0.05, 0.1) is 7.11 Å². The Hall–Kier alpha value is -1.79. The van der Waals surface area contributed by atoms with E-state index in [2.05, 4.69) is 0 Å². The van der Waals surface area contributed by atoms with Crippen LogP contribution in [0, 0.1) is 0 Å². The number of hydrogen-bond acceptors (Lipinski definition) is 5. The van der Waals surface area contributed by atoms with Gasteiger partial charge in [-0.3, -0.25) is 0 Å². The van der Waals surface area contributed by atoms with Crippen molar-refractivity contribution in [2.75, 3.05) is 7.11 Å². The Kier molecular flexibility index (Phi) is 3.92. The number of sulfone groups is 1. The van der Waals surface area contributed by atoms with Crippen LogP contribution in [0.25, 0.3) is 0 Å². The minimum absolute atomic E-state index is 0.124. The van der Waals surface area contributed by atoms with Crippen molar-refractivity contribution in [1.29, 1.82) is 0 Å². The van der Waals surface area contributed by atoms with Crippen LogP contribution in [0.3, 0.4) is 0 Å². The van der Waals surface area contributed by atoms with Gasteiger partial charge in [0.2, 0.25) is 0 Å². The molecule has 0 amide bonds. The molecule has 1 heterocycles. The molecular weight excluding hydrogens is 268 g/mol. The van der Waals surface area contributed by atoms with Crippen LogP contribution in [0.1, 0.15) is 11.5 Å². The van der Waals surface area contributed by atoms with Crippen molar-refractivity contribution in [3.8, 4) is 5.75 Å². The molecule has 19 heavy (non-hydrogen) atoms. The summed E-state index contributed by atoms with van der Waals surface area (Å²) < 4.78 is 34.8. The normalized spacial score (nSPS) is 11.5. The molecule has 0 aliphatic carbocycles. The molecule has 102 valence electrons. The second kappa shape index (κ2) is 5.46. The quantitative estimate of drug-likeness (QED) is 0.904. The van der Waals surface area contributed by atoms with Gasteiger partial charge in [0.25, 0.3) is 0 Å². The van der Waals surface area contributed by atoms with Gasteiger partial charge in [-0.25, -0.2) is 8.42 Å². The lowest BCUT2D eigenvalue weighted by Gasteiger charge is -2.08. The van der Waals surface area contributed by atoms with Gasteiger partial charge in [-0.05, 0) is 24.3 Å². The zero-order valence-corrected chi connectivity index (χ0v) is 11.2. The van der Waals surface area contributed by atoms with E-state index in [0.717, 1.165) is 0 Å². The first-order valence-electron chi connectivity index (χ1n) is 5.61. The fourth-order valence-corrected chi connectivity index (χ4v) is 3.15. The average Bonchev–Trinajstić information content (AvgIpc) is 2.85. The SMILES string of the molecule is COc1ccccc1S(=O)(=O)Cc1ccc(CO)o1. The van der Waals surface area contributed by atoms with Crippen LogP contribution in [0.4, 0.5) is 0 Å². The minimum Gasteiger partial charge on any atom is -0.495 e. The van der Waals surface area contributed by atoms with E-state index in [-0.39, 0.29) is 23.0 Å². The highest BCUT2D eigenvalue weighted by molar-refractivity contribution is 7.90. The van der Waals surface area contributed by atoms with Gasteiger partial charge < -0.3 is 14.3 Å². The lowest BCUT2D eigenvalue weighted by molar-refractivity contribution is 0.244. The summed E-state index contributed by atoms with van der Waals surface area (Å²) in [6.45, 7) is -0.255. The molecule has 0 radical (unpaired) electrons. The van der Waals surface area contributed by atoms with Crippen LogP contribution < -0.4 is 4.74 Å². The summed E-state index contributed by atoms with van der Waals surface area (Å²) in [5.41, 5.74) is 0. The third-order valence-corrected chi connectivity index (χ3v) is 4.28. The summed E-state index contributed by atoms with van der Waals surface area (Å²) in [5, 5.41) is 8.89. The number of ether oxygens (including phenoxy) is 1. The second-order valence-corrected chi connectivity index (χ2v) is 5.89. The van der Waals surface area contributed by atoms with Gasteiger partial charge in [-0.2, -0.15) is 0 Å². The van der Waals surface area contributed by atoms with E-state index in [1.165, 1.54) is 13.2 Å². The number of furan rings is 1. The second-order valence-electron chi connectivity index (χ2n) is 3.94. The van der Waals surface area contributed by atoms with Crippen molar-refractivity contribution in [3.05, 3.63) is 47.9 Å². The largest absolute Gasteiger partial charge is 0.495 e. The van der Waals surface area contributed by atoms with Gasteiger partial charge in [-0.15, -0.1) is 0 Å². The Labute approximate surface area is 111 Å². The summed E-state index contributed by atoms with van der Waals surface area (Å²) in [6, 6.07) is 9.51. The third-order valence-electron chi connectivity index (χ3n) is 2.61. The van der Waals surface area contributed by atoms with Gasteiger partial charge in [0.1, 0.15) is 34.5 Å². The number of para-hydroxylation sites is 1. The summed E-state index contributed by atoms with van der Waals surface area (Å²) in [5.74, 6) is 0.657. The monoisotopic (exact) mass is 282 g/mol. The smallest absolute Gasteiger partial charge is 0.189 e. The Morgan fingerprint density at radius 3 is 2.47 bits per heavy atom. The van der Waals surface area contributed by atoms with Gasteiger partial charge in [0, 0.05) is 0 Å². The highest BCUT2D eigenvalue weighted by atomic mass is 32.2. The fourth-order valence-electron chi connectivity index (χ4n) is 1.73. The third kappa shape index (κ3) is 2.97. The molecule has 2 rings (SSSR count). The van der Waals surface area contributed by atoms with Crippen molar-refractivity contribution in [2.45, 2.75) is 17.3 Å².